The van der Waals surface area contributed by atoms with Gasteiger partial charge >= 0.3 is 0 Å². The first-order chi connectivity index (χ1) is 18.2. The molecule has 0 spiro atoms. The largest absolute Gasteiger partial charge is 0.385 e. The second-order valence-electron chi connectivity index (χ2n) is 10.2. The van der Waals surface area contributed by atoms with Crippen molar-refractivity contribution < 1.29 is 14.2 Å². The van der Waals surface area contributed by atoms with Gasteiger partial charge in [0.05, 0.1) is 18.2 Å². The minimum atomic E-state index is 0.414. The summed E-state index contributed by atoms with van der Waals surface area (Å²) in [5.74, 6) is 1.55. The summed E-state index contributed by atoms with van der Waals surface area (Å²) in [6.45, 7) is 6.13. The summed E-state index contributed by atoms with van der Waals surface area (Å²) in [5.41, 5.74) is 3.23. The number of halogens is 1. The number of hydrogen-bond donors (Lipinski definition) is 2. The molecular weight excluding hydrogens is 488 g/mol. The molecule has 2 N–H and O–H groups in total. The van der Waals surface area contributed by atoms with Crippen LogP contribution in [-0.4, -0.2) is 82.2 Å². The summed E-state index contributed by atoms with van der Waals surface area (Å²) >= 11 is 6.61. The van der Waals surface area contributed by atoms with Crippen LogP contribution in [0.4, 0.5) is 11.5 Å². The molecule has 1 aliphatic heterocycles. The van der Waals surface area contributed by atoms with E-state index in [1.807, 2.05) is 0 Å². The molecule has 8 heteroatoms. The van der Waals surface area contributed by atoms with E-state index in [4.69, 9.17) is 25.8 Å². The Morgan fingerprint density at radius 2 is 1.73 bits per heavy atom. The number of anilines is 2. The lowest BCUT2D eigenvalue weighted by Gasteiger charge is -2.37. The summed E-state index contributed by atoms with van der Waals surface area (Å²) in [6, 6.07) is 11.6. The Bertz CT molecular complexity index is 940. The van der Waals surface area contributed by atoms with Crippen molar-refractivity contribution in [1.29, 1.82) is 0 Å². The number of benzene rings is 1. The normalized spacial score (nSPS) is 20.8. The van der Waals surface area contributed by atoms with Crippen LogP contribution in [0.15, 0.2) is 36.5 Å². The van der Waals surface area contributed by atoms with Crippen LogP contribution in [0.1, 0.15) is 38.5 Å². The SMILES string of the molecule is COCCN(CCOC)C1CCC(Nc2cc(-c3cccc(NCC4CCOCC4)c3)c(Cl)cn2)CC1. The van der Waals surface area contributed by atoms with Gasteiger partial charge in [0.15, 0.2) is 0 Å². The van der Waals surface area contributed by atoms with Gasteiger partial charge in [-0.15, -0.1) is 0 Å². The van der Waals surface area contributed by atoms with Gasteiger partial charge < -0.3 is 24.8 Å². The van der Waals surface area contributed by atoms with Crippen LogP contribution >= 0.6 is 11.6 Å². The van der Waals surface area contributed by atoms with Crippen LogP contribution in [0.5, 0.6) is 0 Å². The van der Waals surface area contributed by atoms with Crippen LogP contribution in [0.3, 0.4) is 0 Å². The van der Waals surface area contributed by atoms with Crippen molar-refractivity contribution in [2.75, 3.05) is 70.9 Å². The van der Waals surface area contributed by atoms with Crippen LogP contribution in [-0.2, 0) is 14.2 Å². The van der Waals surface area contributed by atoms with E-state index in [1.165, 1.54) is 0 Å². The highest BCUT2D eigenvalue weighted by atomic mass is 35.5. The topological polar surface area (TPSA) is 67.9 Å². The summed E-state index contributed by atoms with van der Waals surface area (Å²) < 4.78 is 16.1. The highest BCUT2D eigenvalue weighted by Gasteiger charge is 2.26. The Hall–Kier alpha value is -1.90. The van der Waals surface area contributed by atoms with Crippen molar-refractivity contribution in [3.63, 3.8) is 0 Å². The molecule has 0 bridgehead atoms. The first-order valence-corrected chi connectivity index (χ1v) is 14.1. The van der Waals surface area contributed by atoms with Gasteiger partial charge in [-0.3, -0.25) is 4.90 Å². The van der Waals surface area contributed by atoms with Gasteiger partial charge in [-0.05, 0) is 68.2 Å². The maximum absolute atomic E-state index is 6.61. The minimum absolute atomic E-state index is 0.414. The molecule has 2 aliphatic rings. The predicted octanol–water partition coefficient (Wildman–Crippen LogP) is 5.56. The van der Waals surface area contributed by atoms with Crippen molar-refractivity contribution in [2.24, 2.45) is 5.92 Å². The maximum Gasteiger partial charge on any atom is 0.126 e. The van der Waals surface area contributed by atoms with Gasteiger partial charge in [0.1, 0.15) is 5.82 Å². The zero-order chi connectivity index (χ0) is 25.9. The standard InChI is InChI=1S/C29H43ClN4O3/c1-35-16-12-34(13-17-36-2)26-8-6-24(7-9-26)33-29-19-27(28(30)21-32-29)23-4-3-5-25(18-23)31-20-22-10-14-37-15-11-22/h3-5,18-19,21-22,24,26,31H,6-17,20H2,1-2H3,(H,32,33). The number of pyridine rings is 1. The molecule has 0 atom stereocenters. The molecule has 204 valence electrons. The minimum Gasteiger partial charge on any atom is -0.385 e. The van der Waals surface area contributed by atoms with Crippen molar-refractivity contribution in [2.45, 2.75) is 50.6 Å². The van der Waals surface area contributed by atoms with Gasteiger partial charge in [0, 0.05) is 76.6 Å². The second kappa shape index (κ2) is 14.9. The number of aromatic nitrogens is 1. The lowest BCUT2D eigenvalue weighted by atomic mass is 9.90. The molecule has 37 heavy (non-hydrogen) atoms. The molecule has 2 heterocycles. The predicted molar refractivity (Wildman–Crippen MR) is 152 cm³/mol. The maximum atomic E-state index is 6.61. The van der Waals surface area contributed by atoms with E-state index >= 15 is 0 Å². The number of nitrogens with one attached hydrogen (secondary N) is 2. The van der Waals surface area contributed by atoms with Crippen molar-refractivity contribution in [1.82, 2.24) is 9.88 Å². The molecule has 0 unspecified atom stereocenters. The summed E-state index contributed by atoms with van der Waals surface area (Å²) in [5, 5.41) is 7.96. The lowest BCUT2D eigenvalue weighted by molar-refractivity contribution is 0.0699. The molecular formula is C29H43ClN4O3. The molecule has 1 aliphatic carbocycles. The summed E-state index contributed by atoms with van der Waals surface area (Å²) in [4.78, 5) is 7.12. The van der Waals surface area contributed by atoms with E-state index in [0.29, 0.717) is 23.0 Å². The van der Waals surface area contributed by atoms with Crippen molar-refractivity contribution >= 4 is 23.1 Å². The van der Waals surface area contributed by atoms with Crippen LogP contribution in [0.25, 0.3) is 11.1 Å². The third-order valence-corrected chi connectivity index (χ3v) is 8.00. The smallest absolute Gasteiger partial charge is 0.126 e. The molecule has 1 aromatic carbocycles. The number of ether oxygens (including phenoxy) is 3. The fraction of sp³-hybridized carbons (Fsp3) is 0.621. The fourth-order valence-electron chi connectivity index (χ4n) is 5.44. The molecule has 1 aromatic heterocycles. The van der Waals surface area contributed by atoms with Gasteiger partial charge in [-0.1, -0.05) is 23.7 Å². The molecule has 7 nitrogen and oxygen atoms in total. The average Bonchev–Trinajstić information content (AvgIpc) is 2.94. The number of nitrogens with zero attached hydrogens (tertiary/aromatic N) is 2. The van der Waals surface area contributed by atoms with Gasteiger partial charge in [-0.2, -0.15) is 0 Å². The Labute approximate surface area is 227 Å². The monoisotopic (exact) mass is 530 g/mol. The first-order valence-electron chi connectivity index (χ1n) is 13.7. The number of methoxy groups -OCH3 is 2. The molecule has 0 amide bonds. The van der Waals surface area contributed by atoms with Gasteiger partial charge in [-0.25, -0.2) is 4.98 Å². The first kappa shape index (κ1) is 28.1. The van der Waals surface area contributed by atoms with E-state index in [9.17, 15) is 0 Å². The molecule has 1 saturated carbocycles. The highest BCUT2D eigenvalue weighted by molar-refractivity contribution is 6.33. The molecule has 2 aromatic rings. The quantitative estimate of drug-likeness (QED) is 0.351. The Morgan fingerprint density at radius 3 is 2.43 bits per heavy atom. The van der Waals surface area contributed by atoms with Gasteiger partial charge in [0.2, 0.25) is 0 Å². The van der Waals surface area contributed by atoms with Crippen LogP contribution in [0, 0.1) is 5.92 Å². The summed E-state index contributed by atoms with van der Waals surface area (Å²) in [7, 11) is 3.53. The van der Waals surface area contributed by atoms with E-state index in [1.54, 1.807) is 20.4 Å². The van der Waals surface area contributed by atoms with Crippen LogP contribution in [0.2, 0.25) is 5.02 Å². The molecule has 1 saturated heterocycles. The third-order valence-electron chi connectivity index (χ3n) is 7.70. The number of hydrogen-bond acceptors (Lipinski definition) is 7. The van der Waals surface area contributed by atoms with Crippen LogP contribution < -0.4 is 10.6 Å². The highest BCUT2D eigenvalue weighted by Crippen LogP contribution is 2.32. The van der Waals surface area contributed by atoms with Gasteiger partial charge in [0.25, 0.3) is 0 Å². The Balaban J connectivity index is 1.34. The Kier molecular flexibility index (Phi) is 11.3. The van der Waals surface area contributed by atoms with E-state index in [0.717, 1.165) is 107 Å². The Morgan fingerprint density at radius 1 is 1.00 bits per heavy atom. The van der Waals surface area contributed by atoms with E-state index in [-0.39, 0.29) is 0 Å². The fourth-order valence-corrected chi connectivity index (χ4v) is 5.65. The zero-order valence-corrected chi connectivity index (χ0v) is 23.1. The van der Waals surface area contributed by atoms with E-state index < -0.39 is 0 Å². The second-order valence-corrected chi connectivity index (χ2v) is 10.6. The molecule has 4 rings (SSSR count). The average molecular weight is 531 g/mol. The number of rotatable bonds is 13. The zero-order valence-electron chi connectivity index (χ0n) is 22.4. The summed E-state index contributed by atoms with van der Waals surface area (Å²) in [6.07, 6.45) is 8.57. The van der Waals surface area contributed by atoms with E-state index in [2.05, 4.69) is 50.8 Å². The lowest BCUT2D eigenvalue weighted by Crippen LogP contribution is -2.43. The molecule has 0 radical (unpaired) electrons. The molecule has 2 fully saturated rings. The third kappa shape index (κ3) is 8.55. The van der Waals surface area contributed by atoms with Crippen molar-refractivity contribution in [3.05, 3.63) is 41.6 Å². The van der Waals surface area contributed by atoms with Crippen molar-refractivity contribution in [3.8, 4) is 11.1 Å².